The molecular formula is C12H18N4. The molecule has 1 aromatic rings. The average molecular weight is 218 g/mol. The van der Waals surface area contributed by atoms with Gasteiger partial charge in [-0.25, -0.2) is 0 Å². The lowest BCUT2D eigenvalue weighted by atomic mass is 10.0. The highest BCUT2D eigenvalue weighted by Gasteiger charge is 2.22. The second kappa shape index (κ2) is 4.67. The predicted octanol–water partition coefficient (Wildman–Crippen LogP) is 1.61. The van der Waals surface area contributed by atoms with Gasteiger partial charge in [0.1, 0.15) is 0 Å². The fraction of sp³-hybridized carbons (Fsp3) is 0.667. The SMILES string of the molecule is Cc1cc(CN2CCCCC2C#N)n(C)n1. The van der Waals surface area contributed by atoms with Crippen molar-refractivity contribution in [3.8, 4) is 6.07 Å². The summed E-state index contributed by atoms with van der Waals surface area (Å²) in [5.41, 5.74) is 2.24. The minimum atomic E-state index is 0.0870. The van der Waals surface area contributed by atoms with Gasteiger partial charge >= 0.3 is 0 Å². The van der Waals surface area contributed by atoms with Crippen LogP contribution in [0.25, 0.3) is 0 Å². The van der Waals surface area contributed by atoms with E-state index >= 15 is 0 Å². The van der Waals surface area contributed by atoms with E-state index in [4.69, 9.17) is 5.26 Å². The van der Waals surface area contributed by atoms with E-state index in [0.717, 1.165) is 25.2 Å². The first-order chi connectivity index (χ1) is 7.70. The summed E-state index contributed by atoms with van der Waals surface area (Å²) in [5, 5.41) is 13.4. The molecule has 0 bridgehead atoms. The summed E-state index contributed by atoms with van der Waals surface area (Å²) in [4.78, 5) is 2.26. The summed E-state index contributed by atoms with van der Waals surface area (Å²) in [7, 11) is 1.97. The van der Waals surface area contributed by atoms with Crippen LogP contribution in [0.15, 0.2) is 6.07 Å². The Morgan fingerprint density at radius 1 is 1.56 bits per heavy atom. The van der Waals surface area contributed by atoms with Crippen molar-refractivity contribution in [2.75, 3.05) is 6.54 Å². The number of rotatable bonds is 2. The Morgan fingerprint density at radius 2 is 2.38 bits per heavy atom. The smallest absolute Gasteiger partial charge is 0.0981 e. The summed E-state index contributed by atoms with van der Waals surface area (Å²) in [6, 6.07) is 4.58. The molecule has 4 nitrogen and oxygen atoms in total. The number of piperidine rings is 1. The van der Waals surface area contributed by atoms with Crippen molar-refractivity contribution in [1.82, 2.24) is 14.7 Å². The zero-order valence-corrected chi connectivity index (χ0v) is 9.98. The van der Waals surface area contributed by atoms with Gasteiger partial charge < -0.3 is 0 Å². The first kappa shape index (κ1) is 11.2. The summed E-state index contributed by atoms with van der Waals surface area (Å²) in [6.45, 7) is 3.87. The van der Waals surface area contributed by atoms with Gasteiger partial charge in [0.25, 0.3) is 0 Å². The molecule has 1 aliphatic heterocycles. The zero-order chi connectivity index (χ0) is 11.5. The van der Waals surface area contributed by atoms with Crippen LogP contribution < -0.4 is 0 Å². The van der Waals surface area contributed by atoms with Crippen LogP contribution in [0.5, 0.6) is 0 Å². The lowest BCUT2D eigenvalue weighted by Crippen LogP contribution is -2.38. The van der Waals surface area contributed by atoms with Crippen molar-refractivity contribution in [2.24, 2.45) is 7.05 Å². The Kier molecular flexibility index (Phi) is 3.25. The van der Waals surface area contributed by atoms with E-state index in [9.17, 15) is 0 Å². The number of nitrogens with zero attached hydrogens (tertiary/aromatic N) is 4. The maximum atomic E-state index is 9.10. The Morgan fingerprint density at radius 3 is 3.00 bits per heavy atom. The largest absolute Gasteiger partial charge is 0.282 e. The molecular weight excluding hydrogens is 200 g/mol. The fourth-order valence-corrected chi connectivity index (χ4v) is 2.35. The molecule has 1 fully saturated rings. The van der Waals surface area contributed by atoms with Crippen molar-refractivity contribution in [1.29, 1.82) is 5.26 Å². The summed E-state index contributed by atoms with van der Waals surface area (Å²) in [5.74, 6) is 0. The molecule has 16 heavy (non-hydrogen) atoms. The Balaban J connectivity index is 2.08. The third kappa shape index (κ3) is 2.25. The molecule has 0 aromatic carbocycles. The number of nitriles is 1. The van der Waals surface area contributed by atoms with Crippen LogP contribution in [0, 0.1) is 18.3 Å². The van der Waals surface area contributed by atoms with Crippen LogP contribution in [0.3, 0.4) is 0 Å². The Hall–Kier alpha value is -1.34. The lowest BCUT2D eigenvalue weighted by Gasteiger charge is -2.30. The highest BCUT2D eigenvalue weighted by molar-refractivity contribution is 5.09. The van der Waals surface area contributed by atoms with E-state index in [1.165, 1.54) is 18.5 Å². The molecule has 1 aromatic heterocycles. The van der Waals surface area contributed by atoms with Crippen LogP contribution in [-0.4, -0.2) is 27.3 Å². The molecule has 1 unspecified atom stereocenters. The molecule has 0 saturated carbocycles. The van der Waals surface area contributed by atoms with Crippen LogP contribution in [-0.2, 0) is 13.6 Å². The van der Waals surface area contributed by atoms with E-state index in [-0.39, 0.29) is 6.04 Å². The second-order valence-electron chi connectivity index (χ2n) is 4.51. The lowest BCUT2D eigenvalue weighted by molar-refractivity contribution is 0.172. The molecule has 0 N–H and O–H groups in total. The van der Waals surface area contributed by atoms with E-state index in [2.05, 4.69) is 22.1 Å². The molecule has 1 aliphatic rings. The molecule has 0 spiro atoms. The minimum absolute atomic E-state index is 0.0870. The van der Waals surface area contributed by atoms with Gasteiger partial charge in [0.2, 0.25) is 0 Å². The molecule has 1 saturated heterocycles. The standard InChI is InChI=1S/C12H18N4/c1-10-7-12(15(2)14-10)9-16-6-4-3-5-11(16)8-13/h7,11H,3-6,9H2,1-2H3. The molecule has 0 radical (unpaired) electrons. The van der Waals surface area contributed by atoms with Crippen molar-refractivity contribution in [3.05, 3.63) is 17.5 Å². The van der Waals surface area contributed by atoms with Gasteiger partial charge in [0, 0.05) is 13.6 Å². The third-order valence-corrected chi connectivity index (χ3v) is 3.23. The third-order valence-electron chi connectivity index (χ3n) is 3.23. The average Bonchev–Trinajstić information content (AvgIpc) is 2.58. The maximum Gasteiger partial charge on any atom is 0.0981 e. The van der Waals surface area contributed by atoms with Crippen molar-refractivity contribution in [3.63, 3.8) is 0 Å². The fourth-order valence-electron chi connectivity index (χ4n) is 2.35. The van der Waals surface area contributed by atoms with Gasteiger partial charge in [0.15, 0.2) is 0 Å². The van der Waals surface area contributed by atoms with Crippen LogP contribution >= 0.6 is 0 Å². The molecule has 1 atom stereocenters. The summed E-state index contributed by atoms with van der Waals surface area (Å²) < 4.78 is 1.92. The number of aryl methyl sites for hydroxylation is 2. The quantitative estimate of drug-likeness (QED) is 0.757. The van der Waals surface area contributed by atoms with Gasteiger partial charge in [-0.15, -0.1) is 0 Å². The van der Waals surface area contributed by atoms with Gasteiger partial charge in [-0.1, -0.05) is 0 Å². The molecule has 0 aliphatic carbocycles. The second-order valence-corrected chi connectivity index (χ2v) is 4.51. The topological polar surface area (TPSA) is 44.9 Å². The maximum absolute atomic E-state index is 9.10. The van der Waals surface area contributed by atoms with E-state index < -0.39 is 0 Å². The molecule has 0 amide bonds. The Bertz CT molecular complexity index is 402. The van der Waals surface area contributed by atoms with Crippen LogP contribution in [0.4, 0.5) is 0 Å². The van der Waals surface area contributed by atoms with Crippen molar-refractivity contribution in [2.45, 2.75) is 38.8 Å². The van der Waals surface area contributed by atoms with Gasteiger partial charge in [-0.3, -0.25) is 9.58 Å². The highest BCUT2D eigenvalue weighted by Crippen LogP contribution is 2.19. The molecule has 2 heterocycles. The minimum Gasteiger partial charge on any atom is -0.282 e. The van der Waals surface area contributed by atoms with Gasteiger partial charge in [-0.05, 0) is 38.8 Å². The number of aromatic nitrogens is 2. The monoisotopic (exact) mass is 218 g/mol. The summed E-state index contributed by atoms with van der Waals surface area (Å²) in [6.07, 6.45) is 3.39. The van der Waals surface area contributed by atoms with E-state index in [0.29, 0.717) is 0 Å². The normalized spacial score (nSPS) is 21.9. The Labute approximate surface area is 96.5 Å². The van der Waals surface area contributed by atoms with E-state index in [1.807, 2.05) is 18.7 Å². The number of hydrogen-bond acceptors (Lipinski definition) is 3. The molecule has 4 heteroatoms. The van der Waals surface area contributed by atoms with Gasteiger partial charge in [-0.2, -0.15) is 10.4 Å². The van der Waals surface area contributed by atoms with Crippen LogP contribution in [0.2, 0.25) is 0 Å². The molecule has 86 valence electrons. The summed E-state index contributed by atoms with van der Waals surface area (Å²) >= 11 is 0. The number of hydrogen-bond donors (Lipinski definition) is 0. The van der Waals surface area contributed by atoms with Crippen molar-refractivity contribution < 1.29 is 0 Å². The zero-order valence-electron chi connectivity index (χ0n) is 9.98. The first-order valence-electron chi connectivity index (χ1n) is 5.84. The van der Waals surface area contributed by atoms with Crippen LogP contribution in [0.1, 0.15) is 30.7 Å². The van der Waals surface area contributed by atoms with Crippen molar-refractivity contribution >= 4 is 0 Å². The van der Waals surface area contributed by atoms with E-state index in [1.54, 1.807) is 0 Å². The highest BCUT2D eigenvalue weighted by atomic mass is 15.3. The first-order valence-corrected chi connectivity index (χ1v) is 5.84. The predicted molar refractivity (Wildman–Crippen MR) is 61.6 cm³/mol. The number of likely N-dealkylation sites (tertiary alicyclic amines) is 1. The molecule has 2 rings (SSSR count). The van der Waals surface area contributed by atoms with Gasteiger partial charge in [0.05, 0.1) is 23.5 Å².